The van der Waals surface area contributed by atoms with Crippen molar-refractivity contribution >= 4 is 17.9 Å². The van der Waals surface area contributed by atoms with Crippen LogP contribution in [0.5, 0.6) is 0 Å². The van der Waals surface area contributed by atoms with Crippen molar-refractivity contribution < 1.29 is 28.6 Å². The van der Waals surface area contributed by atoms with Gasteiger partial charge in [-0.1, -0.05) is 278 Å². The number of ether oxygens (including phenoxy) is 3. The van der Waals surface area contributed by atoms with Crippen LogP contribution in [0.2, 0.25) is 0 Å². The van der Waals surface area contributed by atoms with Crippen molar-refractivity contribution in [3.8, 4) is 0 Å². The molecule has 0 heterocycles. The lowest BCUT2D eigenvalue weighted by Crippen LogP contribution is -2.30. The van der Waals surface area contributed by atoms with Crippen LogP contribution in [0, 0.1) is 5.92 Å². The highest BCUT2D eigenvalue weighted by Crippen LogP contribution is 2.18. The summed E-state index contributed by atoms with van der Waals surface area (Å²) in [4.78, 5) is 38.1. The van der Waals surface area contributed by atoms with Gasteiger partial charge < -0.3 is 14.2 Å². The standard InChI is InChI=1S/C56H108O6/c1-5-8-10-12-14-16-18-20-22-23-25-26-31-35-39-43-47-54(57)60-50-53(62-56(59)49-45-41-37-33-27-24-21-19-17-15-13-11-9-6-2)51-61-55(58)48-44-40-36-32-29-28-30-34-38-42-46-52(4)7-3/h52-53H,5-51H2,1-4H3/t52?,53-/m1/s1. The second kappa shape index (κ2) is 50.4. The average Bonchev–Trinajstić information content (AvgIpc) is 3.27. The van der Waals surface area contributed by atoms with E-state index in [1.807, 2.05) is 0 Å². The summed E-state index contributed by atoms with van der Waals surface area (Å²) in [6.07, 6.45) is 53.6. The van der Waals surface area contributed by atoms with Crippen LogP contribution in [-0.2, 0) is 28.6 Å². The van der Waals surface area contributed by atoms with E-state index < -0.39 is 6.10 Å². The van der Waals surface area contributed by atoms with Gasteiger partial charge >= 0.3 is 17.9 Å². The van der Waals surface area contributed by atoms with Crippen LogP contribution in [-0.4, -0.2) is 37.2 Å². The molecule has 62 heavy (non-hydrogen) atoms. The first-order valence-corrected chi connectivity index (χ1v) is 27.9. The van der Waals surface area contributed by atoms with E-state index in [2.05, 4.69) is 27.7 Å². The molecule has 0 saturated carbocycles. The third kappa shape index (κ3) is 47.9. The lowest BCUT2D eigenvalue weighted by Gasteiger charge is -2.18. The molecule has 0 aromatic rings. The number of hydrogen-bond donors (Lipinski definition) is 0. The second-order valence-electron chi connectivity index (χ2n) is 19.5. The lowest BCUT2D eigenvalue weighted by molar-refractivity contribution is -0.167. The third-order valence-corrected chi connectivity index (χ3v) is 13.2. The molecule has 2 atom stereocenters. The van der Waals surface area contributed by atoms with Crippen molar-refractivity contribution in [1.82, 2.24) is 0 Å². The predicted molar refractivity (Wildman–Crippen MR) is 266 cm³/mol. The van der Waals surface area contributed by atoms with Gasteiger partial charge in [0.05, 0.1) is 0 Å². The van der Waals surface area contributed by atoms with Gasteiger partial charge in [0, 0.05) is 19.3 Å². The molecular formula is C56H108O6. The summed E-state index contributed by atoms with van der Waals surface area (Å²) < 4.78 is 16.9. The topological polar surface area (TPSA) is 78.9 Å². The summed E-state index contributed by atoms with van der Waals surface area (Å²) in [5, 5.41) is 0. The van der Waals surface area contributed by atoms with E-state index in [4.69, 9.17) is 14.2 Å². The molecule has 0 aromatic carbocycles. The van der Waals surface area contributed by atoms with E-state index in [0.29, 0.717) is 19.3 Å². The highest BCUT2D eigenvalue weighted by atomic mass is 16.6. The Bertz CT molecular complexity index is 935. The Morgan fingerprint density at radius 2 is 0.565 bits per heavy atom. The summed E-state index contributed by atoms with van der Waals surface area (Å²) >= 11 is 0. The van der Waals surface area contributed by atoms with Gasteiger partial charge in [-0.15, -0.1) is 0 Å². The Kier molecular flexibility index (Phi) is 49.1. The normalized spacial score (nSPS) is 12.4. The molecule has 368 valence electrons. The maximum atomic E-state index is 12.8. The van der Waals surface area contributed by atoms with Crippen LogP contribution < -0.4 is 0 Å². The highest BCUT2D eigenvalue weighted by molar-refractivity contribution is 5.71. The number of hydrogen-bond acceptors (Lipinski definition) is 6. The van der Waals surface area contributed by atoms with Gasteiger partial charge in [-0.3, -0.25) is 14.4 Å². The second-order valence-corrected chi connectivity index (χ2v) is 19.5. The number of carbonyl (C=O) groups excluding carboxylic acids is 3. The number of carbonyl (C=O) groups is 3. The summed E-state index contributed by atoms with van der Waals surface area (Å²) in [7, 11) is 0. The Hall–Kier alpha value is -1.59. The minimum atomic E-state index is -0.761. The van der Waals surface area contributed by atoms with Gasteiger partial charge in [-0.25, -0.2) is 0 Å². The minimum Gasteiger partial charge on any atom is -0.462 e. The van der Waals surface area contributed by atoms with Crippen LogP contribution in [0.4, 0.5) is 0 Å². The summed E-state index contributed by atoms with van der Waals surface area (Å²) in [6, 6.07) is 0. The van der Waals surface area contributed by atoms with Crippen molar-refractivity contribution in [2.24, 2.45) is 5.92 Å². The summed E-state index contributed by atoms with van der Waals surface area (Å²) in [5.41, 5.74) is 0. The first-order chi connectivity index (χ1) is 30.4. The predicted octanol–water partition coefficient (Wildman–Crippen LogP) is 18.2. The first-order valence-electron chi connectivity index (χ1n) is 27.9. The maximum Gasteiger partial charge on any atom is 0.306 e. The van der Waals surface area contributed by atoms with E-state index in [9.17, 15) is 14.4 Å². The van der Waals surface area contributed by atoms with Gasteiger partial charge in [-0.05, 0) is 25.2 Å². The van der Waals surface area contributed by atoms with Gasteiger partial charge in [0.25, 0.3) is 0 Å². The molecule has 1 unspecified atom stereocenters. The van der Waals surface area contributed by atoms with E-state index in [0.717, 1.165) is 63.7 Å². The Morgan fingerprint density at radius 1 is 0.323 bits per heavy atom. The van der Waals surface area contributed by atoms with Crippen LogP contribution in [0.1, 0.15) is 317 Å². The van der Waals surface area contributed by atoms with Crippen LogP contribution in [0.15, 0.2) is 0 Å². The fourth-order valence-electron chi connectivity index (χ4n) is 8.54. The van der Waals surface area contributed by atoms with Crippen molar-refractivity contribution in [3.05, 3.63) is 0 Å². The first kappa shape index (κ1) is 60.4. The van der Waals surface area contributed by atoms with E-state index in [-0.39, 0.29) is 31.1 Å². The van der Waals surface area contributed by atoms with Crippen LogP contribution >= 0.6 is 0 Å². The van der Waals surface area contributed by atoms with Crippen molar-refractivity contribution in [3.63, 3.8) is 0 Å². The fraction of sp³-hybridized carbons (Fsp3) is 0.946. The number of rotatable bonds is 51. The zero-order valence-electron chi connectivity index (χ0n) is 42.3. The van der Waals surface area contributed by atoms with Gasteiger partial charge in [0.2, 0.25) is 0 Å². The largest absolute Gasteiger partial charge is 0.462 e. The summed E-state index contributed by atoms with van der Waals surface area (Å²) in [6.45, 7) is 9.07. The molecule has 0 aliphatic carbocycles. The molecule has 0 N–H and O–H groups in total. The summed E-state index contributed by atoms with van der Waals surface area (Å²) in [5.74, 6) is 0.0313. The van der Waals surface area contributed by atoms with E-state index in [1.54, 1.807) is 0 Å². The molecule has 6 heteroatoms. The van der Waals surface area contributed by atoms with E-state index in [1.165, 1.54) is 212 Å². The van der Waals surface area contributed by atoms with Crippen molar-refractivity contribution in [2.45, 2.75) is 323 Å². The molecule has 0 aliphatic heterocycles. The smallest absolute Gasteiger partial charge is 0.306 e. The molecule has 0 bridgehead atoms. The molecule has 0 amide bonds. The molecule has 0 saturated heterocycles. The molecule has 0 radical (unpaired) electrons. The lowest BCUT2D eigenvalue weighted by atomic mass is 9.99. The molecule has 0 rings (SSSR count). The monoisotopic (exact) mass is 877 g/mol. The third-order valence-electron chi connectivity index (χ3n) is 13.2. The quantitative estimate of drug-likeness (QED) is 0.0344. The SMILES string of the molecule is CCCCCCCCCCCCCCCCCCC(=O)OC[C@H](COC(=O)CCCCCCCCCCCCC(C)CC)OC(=O)CCCCCCCCCCCCCCCC. The molecule has 6 nitrogen and oxygen atoms in total. The van der Waals surface area contributed by atoms with Gasteiger partial charge in [0.15, 0.2) is 6.10 Å². The van der Waals surface area contributed by atoms with Crippen LogP contribution in [0.3, 0.4) is 0 Å². The average molecular weight is 877 g/mol. The van der Waals surface area contributed by atoms with Crippen molar-refractivity contribution in [1.29, 1.82) is 0 Å². The molecular weight excluding hydrogens is 769 g/mol. The molecule has 0 fully saturated rings. The Balaban J connectivity index is 4.31. The zero-order valence-corrected chi connectivity index (χ0v) is 42.3. The van der Waals surface area contributed by atoms with E-state index >= 15 is 0 Å². The van der Waals surface area contributed by atoms with Crippen molar-refractivity contribution in [2.75, 3.05) is 13.2 Å². The van der Waals surface area contributed by atoms with Gasteiger partial charge in [-0.2, -0.15) is 0 Å². The highest BCUT2D eigenvalue weighted by Gasteiger charge is 2.19. The Labute approximate surface area is 387 Å². The number of esters is 3. The molecule has 0 aromatic heterocycles. The molecule has 0 spiro atoms. The maximum absolute atomic E-state index is 12.8. The number of unbranched alkanes of at least 4 members (excludes halogenated alkanes) is 37. The minimum absolute atomic E-state index is 0.0622. The fourth-order valence-corrected chi connectivity index (χ4v) is 8.54. The Morgan fingerprint density at radius 3 is 0.839 bits per heavy atom. The molecule has 0 aliphatic rings. The zero-order chi connectivity index (χ0) is 45.2. The van der Waals surface area contributed by atoms with Gasteiger partial charge in [0.1, 0.15) is 13.2 Å². The van der Waals surface area contributed by atoms with Crippen LogP contribution in [0.25, 0.3) is 0 Å².